The molecule has 0 aromatic rings. The minimum absolute atomic E-state index is 0.352. The number of halogens is 2. The maximum absolute atomic E-state index is 5.86. The number of rotatable bonds is 2. The average Bonchev–Trinajstić information content (AvgIpc) is 2.09. The molecule has 1 aliphatic heterocycles. The molecule has 0 spiro atoms. The Labute approximate surface area is 89.7 Å². The van der Waals surface area contributed by atoms with Gasteiger partial charge in [0.15, 0.2) is 0 Å². The highest BCUT2D eigenvalue weighted by Gasteiger charge is 2.22. The highest BCUT2D eigenvalue weighted by molar-refractivity contribution is 6.36. The van der Waals surface area contributed by atoms with Crippen LogP contribution in [0.15, 0.2) is 10.6 Å². The predicted octanol–water partition coefficient (Wildman–Crippen LogP) is 2.12. The Morgan fingerprint density at radius 1 is 1.69 bits per heavy atom. The molecule has 0 aliphatic carbocycles. The summed E-state index contributed by atoms with van der Waals surface area (Å²) in [5, 5.41) is 0.698. The zero-order valence-corrected chi connectivity index (χ0v) is 9.35. The van der Waals surface area contributed by atoms with Gasteiger partial charge < -0.3 is 5.73 Å². The molecule has 76 valence electrons. The first-order chi connectivity index (χ1) is 6.13. The topological polar surface area (TPSA) is 29.3 Å². The maximum atomic E-state index is 5.86. The molecule has 0 bridgehead atoms. The number of likely N-dealkylation sites (tertiary alicyclic amines) is 1. The summed E-state index contributed by atoms with van der Waals surface area (Å²) < 4.78 is 0. The van der Waals surface area contributed by atoms with E-state index in [0.717, 1.165) is 25.9 Å². The van der Waals surface area contributed by atoms with Crippen LogP contribution in [-0.4, -0.2) is 30.1 Å². The van der Waals surface area contributed by atoms with Crippen LogP contribution in [-0.2, 0) is 0 Å². The molecule has 2 nitrogen and oxygen atoms in total. The molecule has 4 heteroatoms. The number of nitrogens with two attached hydrogens (primary N) is 1. The summed E-state index contributed by atoms with van der Waals surface area (Å²) in [5.74, 6) is 0. The summed E-state index contributed by atoms with van der Waals surface area (Å²) in [6.07, 6.45) is 2.10. The SMILES string of the molecule is CC1CC(N)CCN1CC(Cl)=CCl. The van der Waals surface area contributed by atoms with Crippen molar-refractivity contribution < 1.29 is 0 Å². The van der Waals surface area contributed by atoms with E-state index in [4.69, 9.17) is 28.9 Å². The minimum atomic E-state index is 0.352. The zero-order chi connectivity index (χ0) is 9.84. The van der Waals surface area contributed by atoms with E-state index in [1.54, 1.807) is 0 Å². The molecule has 2 unspecified atom stereocenters. The van der Waals surface area contributed by atoms with E-state index in [1.165, 1.54) is 5.54 Å². The van der Waals surface area contributed by atoms with Gasteiger partial charge in [-0.05, 0) is 19.8 Å². The van der Waals surface area contributed by atoms with Crippen LogP contribution >= 0.6 is 23.2 Å². The van der Waals surface area contributed by atoms with Crippen LogP contribution < -0.4 is 5.73 Å². The first-order valence-electron chi connectivity index (χ1n) is 4.58. The lowest BCUT2D eigenvalue weighted by molar-refractivity contribution is 0.163. The van der Waals surface area contributed by atoms with Crippen molar-refractivity contribution in [3.05, 3.63) is 10.6 Å². The van der Waals surface area contributed by atoms with E-state index in [2.05, 4.69) is 11.8 Å². The molecule has 1 rings (SSSR count). The monoisotopic (exact) mass is 222 g/mol. The number of hydrogen-bond donors (Lipinski definition) is 1. The fraction of sp³-hybridized carbons (Fsp3) is 0.778. The molecule has 0 amide bonds. The van der Waals surface area contributed by atoms with Crippen molar-refractivity contribution in [2.45, 2.75) is 31.8 Å². The molecule has 1 aliphatic rings. The van der Waals surface area contributed by atoms with E-state index >= 15 is 0 Å². The summed E-state index contributed by atoms with van der Waals surface area (Å²) in [6, 6.07) is 0.860. The summed E-state index contributed by atoms with van der Waals surface area (Å²) in [4.78, 5) is 2.31. The molecule has 2 N–H and O–H groups in total. The van der Waals surface area contributed by atoms with Crippen molar-refractivity contribution in [3.8, 4) is 0 Å². The lowest BCUT2D eigenvalue weighted by Crippen LogP contribution is -2.45. The summed E-state index contributed by atoms with van der Waals surface area (Å²) in [6.45, 7) is 3.94. The van der Waals surface area contributed by atoms with E-state index in [1.807, 2.05) is 0 Å². The lowest BCUT2D eigenvalue weighted by atomic mass is 9.99. The van der Waals surface area contributed by atoms with Crippen molar-refractivity contribution in [2.75, 3.05) is 13.1 Å². The third kappa shape index (κ3) is 3.47. The first-order valence-corrected chi connectivity index (χ1v) is 5.39. The Morgan fingerprint density at radius 3 is 2.92 bits per heavy atom. The van der Waals surface area contributed by atoms with Crippen LogP contribution in [0.3, 0.4) is 0 Å². The largest absolute Gasteiger partial charge is 0.328 e. The second-order valence-corrected chi connectivity index (χ2v) is 4.36. The molecule has 0 radical (unpaired) electrons. The molecule has 0 aromatic carbocycles. The molecule has 1 saturated heterocycles. The van der Waals surface area contributed by atoms with Gasteiger partial charge in [-0.25, -0.2) is 0 Å². The van der Waals surface area contributed by atoms with Crippen molar-refractivity contribution in [1.82, 2.24) is 4.90 Å². The van der Waals surface area contributed by atoms with E-state index in [0.29, 0.717) is 17.1 Å². The van der Waals surface area contributed by atoms with Crippen molar-refractivity contribution in [1.29, 1.82) is 0 Å². The van der Waals surface area contributed by atoms with E-state index in [-0.39, 0.29) is 0 Å². The highest BCUT2D eigenvalue weighted by atomic mass is 35.5. The third-order valence-corrected chi connectivity index (χ3v) is 3.13. The van der Waals surface area contributed by atoms with Crippen LogP contribution in [0.4, 0.5) is 0 Å². The fourth-order valence-electron chi connectivity index (χ4n) is 1.72. The number of hydrogen-bond acceptors (Lipinski definition) is 2. The predicted molar refractivity (Wildman–Crippen MR) is 58.0 cm³/mol. The average molecular weight is 223 g/mol. The number of piperidine rings is 1. The van der Waals surface area contributed by atoms with Gasteiger partial charge in [0, 0.05) is 35.7 Å². The number of nitrogens with zero attached hydrogens (tertiary/aromatic N) is 1. The highest BCUT2D eigenvalue weighted by Crippen LogP contribution is 2.18. The molecule has 13 heavy (non-hydrogen) atoms. The normalized spacial score (nSPS) is 32.2. The molecule has 0 saturated carbocycles. The standard InChI is InChI=1S/C9H16Cl2N2/c1-7-4-9(12)2-3-13(7)6-8(11)5-10/h5,7,9H,2-4,6,12H2,1H3. The van der Waals surface area contributed by atoms with Crippen LogP contribution in [0.25, 0.3) is 0 Å². The van der Waals surface area contributed by atoms with Crippen LogP contribution in [0.2, 0.25) is 0 Å². The van der Waals surface area contributed by atoms with Gasteiger partial charge in [-0.15, -0.1) is 0 Å². The van der Waals surface area contributed by atoms with Gasteiger partial charge in [-0.2, -0.15) is 0 Å². The van der Waals surface area contributed by atoms with Crippen LogP contribution in [0.1, 0.15) is 19.8 Å². The van der Waals surface area contributed by atoms with Crippen molar-refractivity contribution >= 4 is 23.2 Å². The van der Waals surface area contributed by atoms with E-state index < -0.39 is 0 Å². The second-order valence-electron chi connectivity index (χ2n) is 3.66. The second kappa shape index (κ2) is 5.20. The maximum Gasteiger partial charge on any atom is 0.0434 e. The molecule has 0 aromatic heterocycles. The van der Waals surface area contributed by atoms with Gasteiger partial charge in [-0.1, -0.05) is 23.2 Å². The Bertz CT molecular complexity index is 194. The lowest BCUT2D eigenvalue weighted by Gasteiger charge is -2.36. The van der Waals surface area contributed by atoms with Crippen LogP contribution in [0, 0.1) is 0 Å². The molecule has 1 fully saturated rings. The Balaban J connectivity index is 2.42. The third-order valence-electron chi connectivity index (χ3n) is 2.53. The Morgan fingerprint density at radius 2 is 2.38 bits per heavy atom. The zero-order valence-electron chi connectivity index (χ0n) is 7.84. The summed E-state index contributed by atoms with van der Waals surface area (Å²) in [5.41, 5.74) is 7.28. The molecular weight excluding hydrogens is 207 g/mol. The van der Waals surface area contributed by atoms with E-state index in [9.17, 15) is 0 Å². The minimum Gasteiger partial charge on any atom is -0.328 e. The van der Waals surface area contributed by atoms with Gasteiger partial charge in [0.2, 0.25) is 0 Å². The first kappa shape index (κ1) is 11.3. The van der Waals surface area contributed by atoms with Gasteiger partial charge in [0.25, 0.3) is 0 Å². The molecule has 1 heterocycles. The summed E-state index contributed by atoms with van der Waals surface area (Å²) in [7, 11) is 0. The smallest absolute Gasteiger partial charge is 0.0434 e. The van der Waals surface area contributed by atoms with Gasteiger partial charge >= 0.3 is 0 Å². The van der Waals surface area contributed by atoms with Crippen molar-refractivity contribution in [2.24, 2.45) is 5.73 Å². The van der Waals surface area contributed by atoms with Gasteiger partial charge in [-0.3, -0.25) is 4.90 Å². The Kier molecular flexibility index (Phi) is 4.53. The van der Waals surface area contributed by atoms with Gasteiger partial charge in [0.1, 0.15) is 0 Å². The quantitative estimate of drug-likeness (QED) is 0.776. The summed E-state index contributed by atoms with van der Waals surface area (Å²) >= 11 is 11.4. The van der Waals surface area contributed by atoms with Gasteiger partial charge in [0.05, 0.1) is 0 Å². The van der Waals surface area contributed by atoms with Crippen LogP contribution in [0.5, 0.6) is 0 Å². The fourth-order valence-corrected chi connectivity index (χ4v) is 1.94. The Hall–Kier alpha value is 0.240. The van der Waals surface area contributed by atoms with Crippen molar-refractivity contribution in [3.63, 3.8) is 0 Å². The molecule has 2 atom stereocenters. The molecular formula is C9H16Cl2N2.